The Balaban J connectivity index is 1.33. The summed E-state index contributed by atoms with van der Waals surface area (Å²) in [7, 11) is 0. The molecule has 0 saturated carbocycles. The highest BCUT2D eigenvalue weighted by Gasteiger charge is 2.27. The second-order valence-corrected chi connectivity index (χ2v) is 7.71. The molecular formula is C23H27N3O3. The highest BCUT2D eigenvalue weighted by atomic mass is 16.5. The topological polar surface area (TPSA) is 61.9 Å². The van der Waals surface area contributed by atoms with Crippen molar-refractivity contribution in [3.63, 3.8) is 0 Å². The molecule has 152 valence electrons. The van der Waals surface area contributed by atoms with Crippen molar-refractivity contribution in [1.82, 2.24) is 9.80 Å². The first kappa shape index (κ1) is 19.5. The summed E-state index contributed by atoms with van der Waals surface area (Å²) in [5.41, 5.74) is 2.70. The highest BCUT2D eigenvalue weighted by Crippen LogP contribution is 2.23. The summed E-state index contributed by atoms with van der Waals surface area (Å²) in [4.78, 5) is 28.9. The van der Waals surface area contributed by atoms with E-state index in [0.29, 0.717) is 32.2 Å². The third kappa shape index (κ3) is 4.95. The van der Waals surface area contributed by atoms with Crippen molar-refractivity contribution in [1.29, 1.82) is 0 Å². The molecule has 6 nitrogen and oxygen atoms in total. The molecule has 6 heteroatoms. The van der Waals surface area contributed by atoms with Gasteiger partial charge in [0.1, 0.15) is 0 Å². The number of anilines is 1. The summed E-state index contributed by atoms with van der Waals surface area (Å²) < 4.78 is 5.33. The molecule has 2 aromatic rings. The van der Waals surface area contributed by atoms with Crippen LogP contribution in [0.15, 0.2) is 54.6 Å². The van der Waals surface area contributed by atoms with Crippen molar-refractivity contribution in [3.05, 3.63) is 65.7 Å². The Kier molecular flexibility index (Phi) is 6.10. The van der Waals surface area contributed by atoms with Gasteiger partial charge in [0.05, 0.1) is 13.2 Å². The van der Waals surface area contributed by atoms with E-state index in [1.54, 1.807) is 0 Å². The molecular weight excluding hydrogens is 366 g/mol. The second-order valence-electron chi connectivity index (χ2n) is 7.71. The van der Waals surface area contributed by atoms with Crippen molar-refractivity contribution in [3.8, 4) is 0 Å². The zero-order valence-electron chi connectivity index (χ0n) is 16.5. The van der Waals surface area contributed by atoms with Gasteiger partial charge < -0.3 is 19.9 Å². The van der Waals surface area contributed by atoms with Crippen molar-refractivity contribution < 1.29 is 14.3 Å². The third-order valence-corrected chi connectivity index (χ3v) is 5.59. The molecule has 29 heavy (non-hydrogen) atoms. The van der Waals surface area contributed by atoms with Gasteiger partial charge in [-0.3, -0.25) is 4.79 Å². The van der Waals surface area contributed by atoms with Gasteiger partial charge in [0, 0.05) is 37.4 Å². The van der Waals surface area contributed by atoms with E-state index in [1.165, 1.54) is 0 Å². The summed E-state index contributed by atoms with van der Waals surface area (Å²) in [6.45, 7) is 4.01. The van der Waals surface area contributed by atoms with Crippen molar-refractivity contribution in [2.24, 2.45) is 5.92 Å². The van der Waals surface area contributed by atoms with E-state index in [0.717, 1.165) is 42.7 Å². The van der Waals surface area contributed by atoms with E-state index in [4.69, 9.17) is 4.74 Å². The minimum Gasteiger partial charge on any atom is -0.378 e. The van der Waals surface area contributed by atoms with E-state index in [-0.39, 0.29) is 11.9 Å². The Hall–Kier alpha value is -2.86. The van der Waals surface area contributed by atoms with E-state index >= 15 is 0 Å². The molecule has 2 aliphatic heterocycles. The van der Waals surface area contributed by atoms with Gasteiger partial charge in [-0.15, -0.1) is 0 Å². The summed E-state index contributed by atoms with van der Waals surface area (Å²) >= 11 is 0. The SMILES string of the molecule is O=C(Nc1ccccc1)N1CCC(Cc2cccc(C(=O)N3CCOCC3)c2)C1. The summed E-state index contributed by atoms with van der Waals surface area (Å²) in [6.07, 6.45) is 1.85. The van der Waals surface area contributed by atoms with Gasteiger partial charge in [-0.25, -0.2) is 4.79 Å². The van der Waals surface area contributed by atoms with E-state index in [1.807, 2.05) is 58.3 Å². The molecule has 2 aliphatic rings. The lowest BCUT2D eigenvalue weighted by atomic mass is 9.97. The van der Waals surface area contributed by atoms with Crippen LogP contribution in [0.1, 0.15) is 22.3 Å². The minimum absolute atomic E-state index is 0.0463. The average Bonchev–Trinajstić information content (AvgIpc) is 3.23. The molecule has 1 atom stereocenters. The van der Waals surface area contributed by atoms with Crippen molar-refractivity contribution >= 4 is 17.6 Å². The van der Waals surface area contributed by atoms with Crippen LogP contribution in [0.4, 0.5) is 10.5 Å². The van der Waals surface area contributed by atoms with Crippen LogP contribution < -0.4 is 5.32 Å². The van der Waals surface area contributed by atoms with Gasteiger partial charge in [-0.1, -0.05) is 30.3 Å². The molecule has 0 aromatic heterocycles. The maximum Gasteiger partial charge on any atom is 0.321 e. The predicted octanol–water partition coefficient (Wildman–Crippen LogP) is 3.26. The van der Waals surface area contributed by atoms with Crippen LogP contribution in [0.3, 0.4) is 0 Å². The quantitative estimate of drug-likeness (QED) is 0.867. The van der Waals surface area contributed by atoms with Crippen molar-refractivity contribution in [2.75, 3.05) is 44.7 Å². The number of amides is 3. The molecule has 3 amide bonds. The molecule has 2 fully saturated rings. The maximum absolute atomic E-state index is 12.7. The van der Waals surface area contributed by atoms with Crippen LogP contribution in [-0.4, -0.2) is 61.1 Å². The first-order valence-electron chi connectivity index (χ1n) is 10.3. The standard InChI is InChI=1S/C23H27N3O3/c27-22(25-11-13-29-14-12-25)20-6-4-5-18(16-20)15-19-9-10-26(17-19)23(28)24-21-7-2-1-3-8-21/h1-8,16,19H,9-15,17H2,(H,24,28). The number of likely N-dealkylation sites (tertiary alicyclic amines) is 1. The van der Waals surface area contributed by atoms with Crippen LogP contribution in [0.25, 0.3) is 0 Å². The van der Waals surface area contributed by atoms with Gasteiger partial charge >= 0.3 is 6.03 Å². The van der Waals surface area contributed by atoms with E-state index in [9.17, 15) is 9.59 Å². The smallest absolute Gasteiger partial charge is 0.321 e. The van der Waals surface area contributed by atoms with Gasteiger partial charge in [-0.2, -0.15) is 0 Å². The fourth-order valence-corrected chi connectivity index (χ4v) is 4.02. The zero-order valence-corrected chi connectivity index (χ0v) is 16.5. The lowest BCUT2D eigenvalue weighted by Crippen LogP contribution is -2.40. The minimum atomic E-state index is -0.0463. The van der Waals surface area contributed by atoms with Crippen molar-refractivity contribution in [2.45, 2.75) is 12.8 Å². The third-order valence-electron chi connectivity index (χ3n) is 5.59. The number of hydrogen-bond acceptors (Lipinski definition) is 3. The average molecular weight is 393 g/mol. The number of hydrogen-bond donors (Lipinski definition) is 1. The van der Waals surface area contributed by atoms with Crippen LogP contribution in [-0.2, 0) is 11.2 Å². The monoisotopic (exact) mass is 393 g/mol. The summed E-state index contributed by atoms with van der Waals surface area (Å²) in [5.74, 6) is 0.482. The molecule has 1 unspecified atom stereocenters. The number of carbonyl (C=O) groups excluding carboxylic acids is 2. The number of para-hydroxylation sites is 1. The normalized spacial score (nSPS) is 19.2. The van der Waals surface area contributed by atoms with Crippen LogP contribution >= 0.6 is 0 Å². The molecule has 2 heterocycles. The Labute approximate surface area is 171 Å². The second kappa shape index (κ2) is 9.09. The molecule has 2 aromatic carbocycles. The Morgan fingerprint density at radius 3 is 2.55 bits per heavy atom. The molecule has 0 spiro atoms. The van der Waals surface area contributed by atoms with E-state index in [2.05, 4.69) is 11.4 Å². The number of urea groups is 1. The molecule has 4 rings (SSSR count). The number of morpholine rings is 1. The predicted molar refractivity (Wildman–Crippen MR) is 112 cm³/mol. The number of nitrogens with zero attached hydrogens (tertiary/aromatic N) is 2. The maximum atomic E-state index is 12.7. The zero-order chi connectivity index (χ0) is 20.1. The molecule has 0 bridgehead atoms. The number of benzene rings is 2. The summed E-state index contributed by atoms with van der Waals surface area (Å²) in [5, 5.41) is 2.96. The number of rotatable bonds is 4. The number of carbonyl (C=O) groups is 2. The van der Waals surface area contributed by atoms with Crippen LogP contribution in [0.5, 0.6) is 0 Å². The summed E-state index contributed by atoms with van der Waals surface area (Å²) in [6, 6.07) is 17.4. The molecule has 0 radical (unpaired) electrons. The van der Waals surface area contributed by atoms with E-state index < -0.39 is 0 Å². The number of nitrogens with one attached hydrogen (secondary N) is 1. The fraction of sp³-hybridized carbons (Fsp3) is 0.391. The van der Waals surface area contributed by atoms with Gasteiger partial charge in [0.25, 0.3) is 5.91 Å². The lowest BCUT2D eigenvalue weighted by molar-refractivity contribution is 0.0303. The fourth-order valence-electron chi connectivity index (χ4n) is 4.02. The highest BCUT2D eigenvalue weighted by molar-refractivity contribution is 5.94. The van der Waals surface area contributed by atoms with Gasteiger partial charge in [0.2, 0.25) is 0 Å². The van der Waals surface area contributed by atoms with Gasteiger partial charge in [-0.05, 0) is 48.6 Å². The first-order valence-corrected chi connectivity index (χ1v) is 10.3. The molecule has 1 N–H and O–H groups in total. The van der Waals surface area contributed by atoms with Crippen LogP contribution in [0.2, 0.25) is 0 Å². The number of ether oxygens (including phenoxy) is 1. The lowest BCUT2D eigenvalue weighted by Gasteiger charge is -2.27. The first-order chi connectivity index (χ1) is 14.2. The van der Waals surface area contributed by atoms with Gasteiger partial charge in [0.15, 0.2) is 0 Å². The van der Waals surface area contributed by atoms with Crippen LogP contribution in [0, 0.1) is 5.92 Å². The Morgan fingerprint density at radius 2 is 1.76 bits per heavy atom. The Morgan fingerprint density at radius 1 is 0.966 bits per heavy atom. The Bertz CT molecular complexity index is 849. The largest absolute Gasteiger partial charge is 0.378 e. The molecule has 2 saturated heterocycles. The molecule has 0 aliphatic carbocycles.